The van der Waals surface area contributed by atoms with Crippen LogP contribution in [0.25, 0.3) is 0 Å². The molecule has 1 aliphatic heterocycles. The van der Waals surface area contributed by atoms with Gasteiger partial charge in [-0.25, -0.2) is 0 Å². The van der Waals surface area contributed by atoms with Crippen molar-refractivity contribution < 1.29 is 14.5 Å². The molecule has 0 saturated carbocycles. The lowest BCUT2D eigenvalue weighted by Crippen LogP contribution is -2.50. The Labute approximate surface area is 176 Å². The summed E-state index contributed by atoms with van der Waals surface area (Å²) >= 11 is 17.9. The predicted octanol–water partition coefficient (Wildman–Crippen LogP) is 4.28. The average Bonchev–Trinajstić information content (AvgIpc) is 2.69. The molecule has 1 fully saturated rings. The fourth-order valence-electron chi connectivity index (χ4n) is 2.93. The Kier molecular flexibility index (Phi) is 6.49. The number of carbonyl (C=O) groups is 1. The summed E-state index contributed by atoms with van der Waals surface area (Å²) in [5.41, 5.74) is 0.610. The Morgan fingerprint density at radius 3 is 2.36 bits per heavy atom. The molecule has 28 heavy (non-hydrogen) atoms. The zero-order chi connectivity index (χ0) is 20.3. The van der Waals surface area contributed by atoms with Gasteiger partial charge in [-0.05, 0) is 12.1 Å². The number of benzene rings is 2. The van der Waals surface area contributed by atoms with Gasteiger partial charge in [-0.2, -0.15) is 0 Å². The van der Waals surface area contributed by atoms with Crippen LogP contribution in [-0.2, 0) is 4.79 Å². The molecule has 2 aromatic rings. The molecule has 1 aliphatic rings. The molecular formula is C18H16Cl3N3O4. The van der Waals surface area contributed by atoms with Crippen LogP contribution in [0, 0.1) is 10.1 Å². The van der Waals surface area contributed by atoms with Gasteiger partial charge in [-0.15, -0.1) is 0 Å². The Hall–Kier alpha value is -2.22. The summed E-state index contributed by atoms with van der Waals surface area (Å²) in [4.78, 5) is 26.8. The summed E-state index contributed by atoms with van der Waals surface area (Å²) in [6.45, 7) is 1.66. The van der Waals surface area contributed by atoms with Gasteiger partial charge in [0.05, 0.1) is 20.0 Å². The highest BCUT2D eigenvalue weighted by Gasteiger charge is 2.25. The largest absolute Gasteiger partial charge is 0.482 e. The fraction of sp³-hybridized carbons (Fsp3) is 0.278. The Balaban J connectivity index is 1.57. The van der Waals surface area contributed by atoms with Crippen LogP contribution in [0.3, 0.4) is 0 Å². The molecule has 10 heteroatoms. The van der Waals surface area contributed by atoms with Crippen LogP contribution in [0.2, 0.25) is 15.1 Å². The molecule has 0 atom stereocenters. The molecule has 7 nitrogen and oxygen atoms in total. The van der Waals surface area contributed by atoms with Crippen LogP contribution in [0.1, 0.15) is 0 Å². The highest BCUT2D eigenvalue weighted by atomic mass is 35.5. The highest BCUT2D eigenvalue weighted by molar-refractivity contribution is 6.43. The molecule has 0 unspecified atom stereocenters. The number of ether oxygens (including phenoxy) is 1. The Morgan fingerprint density at radius 1 is 1.04 bits per heavy atom. The van der Waals surface area contributed by atoms with Crippen LogP contribution in [-0.4, -0.2) is 48.5 Å². The standard InChI is InChI=1S/C18H16Cl3N3O4/c19-12-9-14(21)17(10-13(12)20)28-11-18(25)23-7-5-22(6-8-23)15-3-1-2-4-16(15)24(26)27/h1-4,9-10H,5-8,11H2. The van der Waals surface area contributed by atoms with Gasteiger partial charge < -0.3 is 14.5 Å². The lowest BCUT2D eigenvalue weighted by Gasteiger charge is -2.35. The molecule has 3 rings (SSSR count). The topological polar surface area (TPSA) is 75.9 Å². The second-order valence-electron chi connectivity index (χ2n) is 6.10. The van der Waals surface area contributed by atoms with Crippen molar-refractivity contribution in [2.75, 3.05) is 37.7 Å². The van der Waals surface area contributed by atoms with E-state index in [2.05, 4.69) is 0 Å². The number of nitro benzene ring substituents is 1. The van der Waals surface area contributed by atoms with Crippen LogP contribution < -0.4 is 9.64 Å². The summed E-state index contributed by atoms with van der Waals surface area (Å²) in [5, 5.41) is 12.1. The molecule has 0 bridgehead atoms. The molecule has 1 heterocycles. The number of para-hydroxylation sites is 2. The maximum Gasteiger partial charge on any atom is 0.292 e. The number of rotatable bonds is 5. The number of hydrogen-bond acceptors (Lipinski definition) is 5. The average molecular weight is 445 g/mol. The highest BCUT2D eigenvalue weighted by Crippen LogP contribution is 2.34. The minimum absolute atomic E-state index is 0.0554. The van der Waals surface area contributed by atoms with E-state index in [4.69, 9.17) is 39.5 Å². The minimum Gasteiger partial charge on any atom is -0.482 e. The van der Waals surface area contributed by atoms with E-state index in [1.165, 1.54) is 18.2 Å². The third kappa shape index (κ3) is 4.60. The van der Waals surface area contributed by atoms with Crippen LogP contribution >= 0.6 is 34.8 Å². The van der Waals surface area contributed by atoms with E-state index in [1.807, 2.05) is 4.90 Å². The first-order valence-electron chi connectivity index (χ1n) is 8.40. The van der Waals surface area contributed by atoms with E-state index in [1.54, 1.807) is 23.1 Å². The summed E-state index contributed by atoms with van der Waals surface area (Å²) in [6, 6.07) is 9.50. The van der Waals surface area contributed by atoms with Crippen LogP contribution in [0.5, 0.6) is 5.75 Å². The predicted molar refractivity (Wildman–Crippen MR) is 109 cm³/mol. The number of nitro groups is 1. The SMILES string of the molecule is O=C(COc1cc(Cl)c(Cl)cc1Cl)N1CCN(c2ccccc2[N+](=O)[O-])CC1. The molecular weight excluding hydrogens is 429 g/mol. The van der Waals surface area contributed by atoms with Crippen molar-refractivity contribution in [2.24, 2.45) is 0 Å². The van der Waals surface area contributed by atoms with Gasteiger partial charge in [-0.3, -0.25) is 14.9 Å². The monoisotopic (exact) mass is 443 g/mol. The zero-order valence-corrected chi connectivity index (χ0v) is 16.9. The van der Waals surface area contributed by atoms with E-state index in [-0.39, 0.29) is 34.0 Å². The molecule has 148 valence electrons. The number of piperazine rings is 1. The van der Waals surface area contributed by atoms with Crippen molar-refractivity contribution in [1.29, 1.82) is 0 Å². The third-order valence-electron chi connectivity index (χ3n) is 4.38. The third-order valence-corrected chi connectivity index (χ3v) is 5.39. The first-order chi connectivity index (χ1) is 13.4. The van der Waals surface area contributed by atoms with Crippen molar-refractivity contribution in [3.8, 4) is 5.75 Å². The normalized spacial score (nSPS) is 14.1. The lowest BCUT2D eigenvalue weighted by molar-refractivity contribution is -0.384. The number of anilines is 1. The summed E-state index contributed by atoms with van der Waals surface area (Å²) < 4.78 is 5.48. The quantitative estimate of drug-likeness (QED) is 0.391. The van der Waals surface area contributed by atoms with Crippen LogP contribution in [0.4, 0.5) is 11.4 Å². The molecule has 0 N–H and O–H groups in total. The molecule has 1 amide bonds. The lowest BCUT2D eigenvalue weighted by atomic mass is 10.2. The van der Waals surface area contributed by atoms with Crippen molar-refractivity contribution >= 4 is 52.1 Å². The summed E-state index contributed by atoms with van der Waals surface area (Å²) in [5.74, 6) is 0.0762. The second kappa shape index (κ2) is 8.86. The van der Waals surface area contributed by atoms with Gasteiger partial charge in [-0.1, -0.05) is 46.9 Å². The van der Waals surface area contributed by atoms with E-state index < -0.39 is 4.92 Å². The number of hydrogen-bond donors (Lipinski definition) is 0. The Bertz CT molecular complexity index is 902. The molecule has 0 spiro atoms. The molecule has 1 saturated heterocycles. The number of amides is 1. The minimum atomic E-state index is -0.401. The van der Waals surface area contributed by atoms with Crippen molar-refractivity contribution in [3.05, 3.63) is 61.6 Å². The smallest absolute Gasteiger partial charge is 0.292 e. The van der Waals surface area contributed by atoms with Gasteiger partial charge in [0.1, 0.15) is 11.4 Å². The Morgan fingerprint density at radius 2 is 1.68 bits per heavy atom. The van der Waals surface area contributed by atoms with Crippen LogP contribution in [0.15, 0.2) is 36.4 Å². The maximum absolute atomic E-state index is 12.4. The zero-order valence-electron chi connectivity index (χ0n) is 14.6. The summed E-state index contributed by atoms with van der Waals surface area (Å²) in [7, 11) is 0. The molecule has 0 radical (unpaired) electrons. The van der Waals surface area contributed by atoms with E-state index in [0.717, 1.165) is 0 Å². The first kappa shape index (κ1) is 20.5. The van der Waals surface area contributed by atoms with Gasteiger partial charge in [0, 0.05) is 38.3 Å². The van der Waals surface area contributed by atoms with E-state index >= 15 is 0 Å². The fourth-order valence-corrected chi connectivity index (χ4v) is 3.52. The van der Waals surface area contributed by atoms with Gasteiger partial charge in [0.2, 0.25) is 0 Å². The summed E-state index contributed by atoms with van der Waals surface area (Å²) in [6.07, 6.45) is 0. The first-order valence-corrected chi connectivity index (χ1v) is 9.53. The molecule has 0 aromatic heterocycles. The number of nitrogens with zero attached hydrogens (tertiary/aromatic N) is 3. The number of halogens is 3. The van der Waals surface area contributed by atoms with E-state index in [9.17, 15) is 14.9 Å². The molecule has 2 aromatic carbocycles. The molecule has 0 aliphatic carbocycles. The van der Waals surface area contributed by atoms with Crippen molar-refractivity contribution in [2.45, 2.75) is 0 Å². The van der Waals surface area contributed by atoms with E-state index in [0.29, 0.717) is 36.9 Å². The van der Waals surface area contributed by atoms with Crippen molar-refractivity contribution in [1.82, 2.24) is 4.90 Å². The number of carbonyl (C=O) groups excluding carboxylic acids is 1. The van der Waals surface area contributed by atoms with Gasteiger partial charge in [0.15, 0.2) is 6.61 Å². The van der Waals surface area contributed by atoms with Gasteiger partial charge in [0.25, 0.3) is 11.6 Å². The maximum atomic E-state index is 12.4. The van der Waals surface area contributed by atoms with Gasteiger partial charge >= 0.3 is 0 Å². The second-order valence-corrected chi connectivity index (χ2v) is 7.32. The van der Waals surface area contributed by atoms with Crippen molar-refractivity contribution in [3.63, 3.8) is 0 Å².